The molecule has 2 amide bonds. The van der Waals surface area contributed by atoms with Gasteiger partial charge in [0.2, 0.25) is 11.8 Å². The zero-order chi connectivity index (χ0) is 17.8. The monoisotopic (exact) mass is 346 g/mol. The van der Waals surface area contributed by atoms with Gasteiger partial charge in [-0.25, -0.2) is 0 Å². The Bertz CT molecular complexity index is 653. The molecule has 3 N–H and O–H groups in total. The van der Waals surface area contributed by atoms with E-state index < -0.39 is 12.0 Å². The van der Waals surface area contributed by atoms with Crippen molar-refractivity contribution in [3.8, 4) is 0 Å². The van der Waals surface area contributed by atoms with Gasteiger partial charge in [-0.15, -0.1) is 0 Å². The van der Waals surface area contributed by atoms with Gasteiger partial charge in [-0.05, 0) is 44.5 Å². The molecule has 0 bridgehead atoms. The molecule has 0 aliphatic carbocycles. The van der Waals surface area contributed by atoms with E-state index in [4.69, 9.17) is 5.11 Å². The Morgan fingerprint density at radius 3 is 2.64 bits per heavy atom. The maximum absolute atomic E-state index is 11.8. The van der Waals surface area contributed by atoms with E-state index in [1.165, 1.54) is 0 Å². The highest BCUT2D eigenvalue weighted by Crippen LogP contribution is 2.27. The summed E-state index contributed by atoms with van der Waals surface area (Å²) in [6.07, 6.45) is 4.31. The fourth-order valence-electron chi connectivity index (χ4n) is 3.34. The highest BCUT2D eigenvalue weighted by Gasteiger charge is 2.27. The van der Waals surface area contributed by atoms with Gasteiger partial charge in [0.1, 0.15) is 6.04 Å². The number of carboxylic acids is 1. The molecular weight excluding hydrogens is 324 g/mol. The second kappa shape index (κ2) is 7.60. The van der Waals surface area contributed by atoms with Crippen LogP contribution in [0, 0.1) is 0 Å². The van der Waals surface area contributed by atoms with E-state index in [1.54, 1.807) is 6.20 Å². The molecule has 0 spiro atoms. The lowest BCUT2D eigenvalue weighted by Gasteiger charge is -2.30. The summed E-state index contributed by atoms with van der Waals surface area (Å²) >= 11 is 0. The standard InChI is InChI=1S/C17H22N4O4/c22-15-4-3-14(17(25)20-15)19-12-1-2-13(18-9-12)11-5-7-21(8-6-11)10-16(23)24/h1-2,9,11,14,19H,3-8,10H2,(H,23,24)(H,20,22,25). The highest BCUT2D eigenvalue weighted by molar-refractivity contribution is 6.01. The molecule has 1 atom stereocenters. The Morgan fingerprint density at radius 2 is 2.04 bits per heavy atom. The second-order valence-electron chi connectivity index (χ2n) is 6.56. The fourth-order valence-corrected chi connectivity index (χ4v) is 3.34. The van der Waals surface area contributed by atoms with E-state index in [9.17, 15) is 14.4 Å². The van der Waals surface area contributed by atoms with Crippen molar-refractivity contribution in [1.29, 1.82) is 0 Å². The first-order valence-corrected chi connectivity index (χ1v) is 8.51. The van der Waals surface area contributed by atoms with Crippen LogP contribution in [-0.2, 0) is 14.4 Å². The molecule has 0 radical (unpaired) electrons. The van der Waals surface area contributed by atoms with Gasteiger partial charge in [-0.2, -0.15) is 0 Å². The Balaban J connectivity index is 1.53. The Morgan fingerprint density at radius 1 is 1.28 bits per heavy atom. The van der Waals surface area contributed by atoms with Gasteiger partial charge in [-0.1, -0.05) is 0 Å². The van der Waals surface area contributed by atoms with Crippen LogP contribution in [-0.4, -0.2) is 58.5 Å². The van der Waals surface area contributed by atoms with Crippen LogP contribution in [0.5, 0.6) is 0 Å². The van der Waals surface area contributed by atoms with Crippen molar-refractivity contribution in [2.24, 2.45) is 0 Å². The number of pyridine rings is 1. The minimum Gasteiger partial charge on any atom is -0.480 e. The van der Waals surface area contributed by atoms with Crippen molar-refractivity contribution in [2.45, 2.75) is 37.6 Å². The maximum atomic E-state index is 11.8. The van der Waals surface area contributed by atoms with Crippen molar-refractivity contribution >= 4 is 23.5 Å². The number of anilines is 1. The zero-order valence-corrected chi connectivity index (χ0v) is 13.9. The number of nitrogens with zero attached hydrogens (tertiary/aromatic N) is 2. The lowest BCUT2D eigenvalue weighted by molar-refractivity contribution is -0.138. The number of nitrogens with one attached hydrogen (secondary N) is 2. The van der Waals surface area contributed by atoms with E-state index in [0.29, 0.717) is 18.8 Å². The van der Waals surface area contributed by atoms with Crippen molar-refractivity contribution in [2.75, 3.05) is 25.0 Å². The van der Waals surface area contributed by atoms with Gasteiger partial charge >= 0.3 is 5.97 Å². The number of amides is 2. The number of hydrogen-bond donors (Lipinski definition) is 3. The molecule has 1 aromatic heterocycles. The van der Waals surface area contributed by atoms with Crippen molar-refractivity contribution in [1.82, 2.24) is 15.2 Å². The number of rotatable bonds is 5. The van der Waals surface area contributed by atoms with Crippen LogP contribution < -0.4 is 10.6 Å². The molecule has 0 saturated carbocycles. The third-order valence-corrected chi connectivity index (χ3v) is 4.73. The Kier molecular flexibility index (Phi) is 5.28. The number of imide groups is 1. The molecule has 1 aromatic rings. The molecule has 3 heterocycles. The van der Waals surface area contributed by atoms with Crippen LogP contribution in [0.15, 0.2) is 18.3 Å². The average Bonchev–Trinajstić information content (AvgIpc) is 2.58. The van der Waals surface area contributed by atoms with Gasteiger partial charge in [0.15, 0.2) is 0 Å². The first-order chi connectivity index (χ1) is 12.0. The summed E-state index contributed by atoms with van der Waals surface area (Å²) < 4.78 is 0. The lowest BCUT2D eigenvalue weighted by atomic mass is 9.93. The first kappa shape index (κ1) is 17.3. The average molecular weight is 346 g/mol. The Labute approximate surface area is 145 Å². The molecule has 25 heavy (non-hydrogen) atoms. The van der Waals surface area contributed by atoms with Gasteiger partial charge in [0, 0.05) is 18.0 Å². The van der Waals surface area contributed by atoms with Crippen LogP contribution in [0.3, 0.4) is 0 Å². The molecule has 2 aliphatic heterocycles. The minimum atomic E-state index is -0.791. The van der Waals surface area contributed by atoms with Crippen LogP contribution in [0.4, 0.5) is 5.69 Å². The van der Waals surface area contributed by atoms with E-state index in [2.05, 4.69) is 15.6 Å². The number of aromatic nitrogens is 1. The molecule has 3 rings (SSSR count). The summed E-state index contributed by atoms with van der Waals surface area (Å²) in [6.45, 7) is 1.61. The zero-order valence-electron chi connectivity index (χ0n) is 13.9. The van der Waals surface area contributed by atoms with Crippen LogP contribution in [0.25, 0.3) is 0 Å². The van der Waals surface area contributed by atoms with E-state index in [-0.39, 0.29) is 18.4 Å². The topological polar surface area (TPSA) is 112 Å². The lowest BCUT2D eigenvalue weighted by Crippen LogP contribution is -2.47. The summed E-state index contributed by atoms with van der Waals surface area (Å²) in [4.78, 5) is 40.1. The first-order valence-electron chi connectivity index (χ1n) is 8.51. The Hall–Kier alpha value is -2.48. The van der Waals surface area contributed by atoms with Crippen molar-refractivity contribution in [3.05, 3.63) is 24.0 Å². The molecule has 0 aromatic carbocycles. The molecule has 8 nitrogen and oxygen atoms in total. The molecule has 2 fully saturated rings. The highest BCUT2D eigenvalue weighted by atomic mass is 16.4. The summed E-state index contributed by atoms with van der Waals surface area (Å²) in [7, 11) is 0. The van der Waals surface area contributed by atoms with Gasteiger partial charge in [-0.3, -0.25) is 29.6 Å². The van der Waals surface area contributed by atoms with Crippen molar-refractivity contribution in [3.63, 3.8) is 0 Å². The summed E-state index contributed by atoms with van der Waals surface area (Å²) in [6, 6.07) is 3.44. The third-order valence-electron chi connectivity index (χ3n) is 4.73. The molecule has 134 valence electrons. The van der Waals surface area contributed by atoms with E-state index in [1.807, 2.05) is 17.0 Å². The molecule has 2 aliphatic rings. The number of carbonyl (C=O) groups excluding carboxylic acids is 2. The normalized spacial score (nSPS) is 22.5. The molecule has 2 saturated heterocycles. The summed E-state index contributed by atoms with van der Waals surface area (Å²) in [5, 5.41) is 14.3. The molecular formula is C17H22N4O4. The predicted molar refractivity (Wildman–Crippen MR) is 90.1 cm³/mol. The SMILES string of the molecule is O=C(O)CN1CCC(c2ccc(NC3CCC(=O)NC3=O)cn2)CC1. The van der Waals surface area contributed by atoms with E-state index in [0.717, 1.165) is 37.3 Å². The predicted octanol–water partition coefficient (Wildman–Crippen LogP) is 0.563. The number of carbonyl (C=O) groups is 3. The van der Waals surface area contributed by atoms with Gasteiger partial charge in [0.25, 0.3) is 0 Å². The quantitative estimate of drug-likeness (QED) is 0.668. The van der Waals surface area contributed by atoms with Crippen LogP contribution >= 0.6 is 0 Å². The van der Waals surface area contributed by atoms with Crippen LogP contribution in [0.2, 0.25) is 0 Å². The van der Waals surface area contributed by atoms with Gasteiger partial charge in [0.05, 0.1) is 18.4 Å². The largest absolute Gasteiger partial charge is 0.480 e. The summed E-state index contributed by atoms with van der Waals surface area (Å²) in [5.74, 6) is -0.993. The number of likely N-dealkylation sites (tertiary alicyclic amines) is 1. The second-order valence-corrected chi connectivity index (χ2v) is 6.56. The number of hydrogen-bond acceptors (Lipinski definition) is 6. The smallest absolute Gasteiger partial charge is 0.317 e. The van der Waals surface area contributed by atoms with Gasteiger partial charge < -0.3 is 10.4 Å². The third kappa shape index (κ3) is 4.54. The molecule has 8 heteroatoms. The fraction of sp³-hybridized carbons (Fsp3) is 0.529. The summed E-state index contributed by atoms with van der Waals surface area (Å²) in [5.41, 5.74) is 1.74. The minimum absolute atomic E-state index is 0.0922. The molecule has 1 unspecified atom stereocenters. The van der Waals surface area contributed by atoms with Crippen molar-refractivity contribution < 1.29 is 19.5 Å². The number of aliphatic carboxylic acids is 1. The maximum Gasteiger partial charge on any atom is 0.317 e. The van der Waals surface area contributed by atoms with Crippen LogP contribution in [0.1, 0.15) is 37.3 Å². The number of piperidine rings is 2. The number of carboxylic acid groups (broad SMARTS) is 1. The van der Waals surface area contributed by atoms with E-state index >= 15 is 0 Å².